The van der Waals surface area contributed by atoms with E-state index in [0.29, 0.717) is 6.54 Å². The van der Waals surface area contributed by atoms with E-state index in [-0.39, 0.29) is 12.0 Å². The number of benzene rings is 1. The molecule has 5 nitrogen and oxygen atoms in total. The number of carbonyl (C=O) groups is 1. The molecule has 1 unspecified atom stereocenters. The van der Waals surface area contributed by atoms with Crippen LogP contribution in [-0.2, 0) is 4.79 Å². The Morgan fingerprint density at radius 3 is 2.47 bits per heavy atom. The maximum absolute atomic E-state index is 11.7. The van der Waals surface area contributed by atoms with Gasteiger partial charge in [-0.05, 0) is 44.0 Å². The van der Waals surface area contributed by atoms with Crippen LogP contribution in [0, 0.1) is 0 Å². The fraction of sp³-hybridized carbons (Fsp3) is 0.500. The zero-order chi connectivity index (χ0) is 13.9. The Morgan fingerprint density at radius 2 is 1.95 bits per heavy atom. The molecule has 1 amide bonds. The van der Waals surface area contributed by atoms with Crippen LogP contribution >= 0.6 is 0 Å². The highest BCUT2D eigenvalue weighted by atomic mass is 16.5. The SMILES string of the molecule is COc1ccc(OC(C)CNC(=O)C2(N)CC2)cc1. The van der Waals surface area contributed by atoms with Gasteiger partial charge in [0.2, 0.25) is 5.91 Å². The topological polar surface area (TPSA) is 73.6 Å². The second-order valence-corrected chi connectivity index (χ2v) is 4.97. The van der Waals surface area contributed by atoms with Gasteiger partial charge in [-0.25, -0.2) is 0 Å². The predicted octanol–water partition coefficient (Wildman–Crippen LogP) is 1.07. The third kappa shape index (κ3) is 3.61. The minimum absolute atomic E-state index is 0.0855. The van der Waals surface area contributed by atoms with Crippen molar-refractivity contribution in [3.05, 3.63) is 24.3 Å². The zero-order valence-electron chi connectivity index (χ0n) is 11.3. The van der Waals surface area contributed by atoms with Crippen LogP contribution in [0.5, 0.6) is 11.5 Å². The van der Waals surface area contributed by atoms with Crippen LogP contribution in [0.1, 0.15) is 19.8 Å². The van der Waals surface area contributed by atoms with Crippen molar-refractivity contribution in [1.29, 1.82) is 0 Å². The number of methoxy groups -OCH3 is 1. The van der Waals surface area contributed by atoms with Crippen LogP contribution < -0.4 is 20.5 Å². The van der Waals surface area contributed by atoms with Crippen LogP contribution in [-0.4, -0.2) is 31.2 Å². The van der Waals surface area contributed by atoms with Crippen LogP contribution in [0.3, 0.4) is 0 Å². The van der Waals surface area contributed by atoms with Crippen molar-refractivity contribution in [2.45, 2.75) is 31.4 Å². The Labute approximate surface area is 113 Å². The third-order valence-corrected chi connectivity index (χ3v) is 3.19. The maximum Gasteiger partial charge on any atom is 0.240 e. The quantitative estimate of drug-likeness (QED) is 0.806. The molecule has 1 aliphatic rings. The molecule has 0 spiro atoms. The molecular formula is C14H20N2O3. The van der Waals surface area contributed by atoms with E-state index in [9.17, 15) is 4.79 Å². The van der Waals surface area contributed by atoms with Gasteiger partial charge in [-0.15, -0.1) is 0 Å². The van der Waals surface area contributed by atoms with Gasteiger partial charge >= 0.3 is 0 Å². The Hall–Kier alpha value is -1.75. The van der Waals surface area contributed by atoms with E-state index < -0.39 is 5.54 Å². The monoisotopic (exact) mass is 264 g/mol. The molecular weight excluding hydrogens is 244 g/mol. The number of ether oxygens (including phenoxy) is 2. The van der Waals surface area contributed by atoms with E-state index in [2.05, 4.69) is 5.32 Å². The Bertz CT molecular complexity index is 441. The van der Waals surface area contributed by atoms with Gasteiger partial charge in [-0.2, -0.15) is 0 Å². The van der Waals surface area contributed by atoms with Gasteiger partial charge in [0.05, 0.1) is 19.2 Å². The summed E-state index contributed by atoms with van der Waals surface area (Å²) in [6.07, 6.45) is 1.43. The highest BCUT2D eigenvalue weighted by Crippen LogP contribution is 2.32. The Morgan fingerprint density at radius 1 is 1.37 bits per heavy atom. The van der Waals surface area contributed by atoms with E-state index >= 15 is 0 Å². The molecule has 0 radical (unpaired) electrons. The summed E-state index contributed by atoms with van der Waals surface area (Å²) in [4.78, 5) is 11.7. The highest BCUT2D eigenvalue weighted by molar-refractivity contribution is 5.88. The molecule has 0 aliphatic heterocycles. The fourth-order valence-corrected chi connectivity index (χ4v) is 1.70. The fourth-order valence-electron chi connectivity index (χ4n) is 1.70. The lowest BCUT2D eigenvalue weighted by Gasteiger charge is -2.17. The third-order valence-electron chi connectivity index (χ3n) is 3.19. The van der Waals surface area contributed by atoms with Crippen LogP contribution in [0.15, 0.2) is 24.3 Å². The summed E-state index contributed by atoms with van der Waals surface area (Å²) in [5.41, 5.74) is 5.17. The molecule has 0 heterocycles. The average molecular weight is 264 g/mol. The molecule has 0 bridgehead atoms. The second-order valence-electron chi connectivity index (χ2n) is 4.97. The molecule has 3 N–H and O–H groups in total. The molecule has 104 valence electrons. The van der Waals surface area contributed by atoms with Gasteiger partial charge in [-0.3, -0.25) is 4.79 Å². The number of hydrogen-bond acceptors (Lipinski definition) is 4. The van der Waals surface area contributed by atoms with Gasteiger partial charge in [0.25, 0.3) is 0 Å². The molecule has 5 heteroatoms. The first-order valence-corrected chi connectivity index (χ1v) is 6.41. The Balaban J connectivity index is 1.77. The van der Waals surface area contributed by atoms with Crippen molar-refractivity contribution >= 4 is 5.91 Å². The molecule has 1 aromatic rings. The van der Waals surface area contributed by atoms with Crippen molar-refractivity contribution in [3.63, 3.8) is 0 Å². The highest BCUT2D eigenvalue weighted by Gasteiger charge is 2.45. The molecule has 0 saturated heterocycles. The lowest BCUT2D eigenvalue weighted by molar-refractivity contribution is -0.123. The summed E-state index contributed by atoms with van der Waals surface area (Å²) in [6.45, 7) is 2.35. The summed E-state index contributed by atoms with van der Waals surface area (Å²) >= 11 is 0. The van der Waals surface area contributed by atoms with E-state index in [1.807, 2.05) is 31.2 Å². The number of amides is 1. The summed E-state index contributed by atoms with van der Waals surface area (Å²) in [7, 11) is 1.62. The lowest BCUT2D eigenvalue weighted by Crippen LogP contribution is -2.45. The molecule has 0 aromatic heterocycles. The van der Waals surface area contributed by atoms with Gasteiger partial charge in [0.15, 0.2) is 0 Å². The largest absolute Gasteiger partial charge is 0.497 e. The van der Waals surface area contributed by atoms with Crippen molar-refractivity contribution in [1.82, 2.24) is 5.32 Å². The summed E-state index contributed by atoms with van der Waals surface area (Å²) in [6, 6.07) is 7.34. The molecule has 1 atom stereocenters. The molecule has 1 fully saturated rings. The smallest absolute Gasteiger partial charge is 0.240 e. The van der Waals surface area contributed by atoms with Crippen LogP contribution in [0.25, 0.3) is 0 Å². The van der Waals surface area contributed by atoms with Crippen molar-refractivity contribution in [2.75, 3.05) is 13.7 Å². The predicted molar refractivity (Wildman–Crippen MR) is 72.2 cm³/mol. The van der Waals surface area contributed by atoms with E-state index in [1.54, 1.807) is 7.11 Å². The first-order valence-electron chi connectivity index (χ1n) is 6.41. The molecule has 1 aromatic carbocycles. The zero-order valence-corrected chi connectivity index (χ0v) is 11.3. The summed E-state index contributed by atoms with van der Waals surface area (Å²) in [5.74, 6) is 1.45. The standard InChI is InChI=1S/C14H20N2O3/c1-10(9-16-13(17)14(15)7-8-14)19-12-5-3-11(18-2)4-6-12/h3-6,10H,7-9,15H2,1-2H3,(H,16,17). The van der Waals surface area contributed by atoms with Gasteiger partial charge in [-0.1, -0.05) is 0 Å². The average Bonchev–Trinajstić information content (AvgIpc) is 3.16. The molecule has 2 rings (SSSR count). The van der Waals surface area contributed by atoms with Crippen LogP contribution in [0.2, 0.25) is 0 Å². The second kappa shape index (κ2) is 5.48. The minimum atomic E-state index is -0.625. The first kappa shape index (κ1) is 13.7. The normalized spacial score (nSPS) is 17.4. The van der Waals surface area contributed by atoms with E-state index in [0.717, 1.165) is 24.3 Å². The lowest BCUT2D eigenvalue weighted by atomic mass is 10.2. The molecule has 1 aliphatic carbocycles. The van der Waals surface area contributed by atoms with Crippen molar-refractivity contribution in [2.24, 2.45) is 5.73 Å². The van der Waals surface area contributed by atoms with Crippen molar-refractivity contribution < 1.29 is 14.3 Å². The summed E-state index contributed by atoms with van der Waals surface area (Å²) in [5, 5.41) is 2.81. The van der Waals surface area contributed by atoms with Crippen LogP contribution in [0.4, 0.5) is 0 Å². The van der Waals surface area contributed by atoms with Gasteiger partial charge < -0.3 is 20.5 Å². The maximum atomic E-state index is 11.7. The number of hydrogen-bond donors (Lipinski definition) is 2. The van der Waals surface area contributed by atoms with E-state index in [4.69, 9.17) is 15.2 Å². The molecule has 19 heavy (non-hydrogen) atoms. The minimum Gasteiger partial charge on any atom is -0.497 e. The Kier molecular flexibility index (Phi) is 3.95. The summed E-state index contributed by atoms with van der Waals surface area (Å²) < 4.78 is 10.8. The van der Waals surface area contributed by atoms with Crippen molar-refractivity contribution in [3.8, 4) is 11.5 Å². The molecule has 1 saturated carbocycles. The first-order chi connectivity index (χ1) is 9.03. The number of carbonyl (C=O) groups excluding carboxylic acids is 1. The number of nitrogens with one attached hydrogen (secondary N) is 1. The van der Waals surface area contributed by atoms with E-state index in [1.165, 1.54) is 0 Å². The number of nitrogens with two attached hydrogens (primary N) is 1. The number of rotatable bonds is 6. The van der Waals surface area contributed by atoms with Gasteiger partial charge in [0.1, 0.15) is 17.6 Å². The van der Waals surface area contributed by atoms with Gasteiger partial charge in [0, 0.05) is 0 Å².